The lowest BCUT2D eigenvalue weighted by atomic mass is 10.2. The van der Waals surface area contributed by atoms with E-state index in [1.165, 1.54) is 12.1 Å². The molecule has 4 nitrogen and oxygen atoms in total. The van der Waals surface area contributed by atoms with Gasteiger partial charge in [-0.3, -0.25) is 4.79 Å². The minimum absolute atomic E-state index is 0.193. The maximum absolute atomic E-state index is 13.7. The first-order valence-electron chi connectivity index (χ1n) is 8.07. The molecule has 1 N–H and O–H groups in total. The molecular weight excluding hydrogens is 387 g/mol. The van der Waals surface area contributed by atoms with Crippen LogP contribution in [0.3, 0.4) is 0 Å². The number of anilines is 1. The van der Waals surface area contributed by atoms with Crippen molar-refractivity contribution in [1.29, 1.82) is 0 Å². The van der Waals surface area contributed by atoms with Crippen LogP contribution in [0.1, 0.15) is 12.0 Å². The fourth-order valence-corrected chi connectivity index (χ4v) is 2.57. The topological polar surface area (TPSA) is 41.6 Å². The van der Waals surface area contributed by atoms with Crippen LogP contribution in [-0.2, 0) is 4.79 Å². The van der Waals surface area contributed by atoms with Gasteiger partial charge in [0, 0.05) is 24.0 Å². The molecule has 2 rings (SSSR count). The van der Waals surface area contributed by atoms with E-state index in [4.69, 9.17) is 4.74 Å². The van der Waals surface area contributed by atoms with Crippen molar-refractivity contribution >= 4 is 27.5 Å². The van der Waals surface area contributed by atoms with Crippen LogP contribution in [0.15, 0.2) is 46.9 Å². The number of amides is 1. The van der Waals surface area contributed by atoms with Crippen molar-refractivity contribution in [2.24, 2.45) is 0 Å². The first-order chi connectivity index (χ1) is 11.9. The van der Waals surface area contributed by atoms with Crippen molar-refractivity contribution in [3.8, 4) is 5.75 Å². The van der Waals surface area contributed by atoms with E-state index in [1.54, 1.807) is 6.07 Å². The second kappa shape index (κ2) is 9.53. The highest BCUT2D eigenvalue weighted by Gasteiger charge is 2.09. The van der Waals surface area contributed by atoms with Crippen molar-refractivity contribution in [3.63, 3.8) is 0 Å². The summed E-state index contributed by atoms with van der Waals surface area (Å²) in [5.41, 5.74) is 1.35. The van der Waals surface area contributed by atoms with Crippen molar-refractivity contribution in [1.82, 2.24) is 4.90 Å². The number of nitrogens with zero attached hydrogens (tertiary/aromatic N) is 1. The molecule has 0 aliphatic rings. The van der Waals surface area contributed by atoms with Crippen LogP contribution in [0, 0.1) is 12.7 Å². The van der Waals surface area contributed by atoms with E-state index in [-0.39, 0.29) is 18.0 Å². The van der Waals surface area contributed by atoms with Gasteiger partial charge in [0.25, 0.3) is 0 Å². The molecule has 0 bridgehead atoms. The predicted molar refractivity (Wildman–Crippen MR) is 102 cm³/mol. The molecule has 2 aromatic rings. The molecule has 0 atom stereocenters. The highest BCUT2D eigenvalue weighted by Crippen LogP contribution is 2.19. The predicted octanol–water partition coefficient (Wildman–Crippen LogP) is 4.24. The number of carbonyl (C=O) groups is 1. The third-order valence-electron chi connectivity index (χ3n) is 3.66. The van der Waals surface area contributed by atoms with Gasteiger partial charge in [0.1, 0.15) is 18.2 Å². The van der Waals surface area contributed by atoms with Gasteiger partial charge in [-0.15, -0.1) is 0 Å². The Kier molecular flexibility index (Phi) is 7.40. The molecule has 0 saturated heterocycles. The van der Waals surface area contributed by atoms with Gasteiger partial charge in [-0.2, -0.15) is 0 Å². The minimum Gasteiger partial charge on any atom is -0.492 e. The second-order valence-corrected chi connectivity index (χ2v) is 6.81. The van der Waals surface area contributed by atoms with Gasteiger partial charge in [-0.1, -0.05) is 28.1 Å². The number of hydrogen-bond acceptors (Lipinski definition) is 3. The molecule has 0 unspecified atom stereocenters. The molecule has 0 aliphatic carbocycles. The van der Waals surface area contributed by atoms with Crippen LogP contribution in [0.4, 0.5) is 10.1 Å². The molecule has 0 heterocycles. The normalized spacial score (nSPS) is 10.8. The quantitative estimate of drug-likeness (QED) is 0.710. The van der Waals surface area contributed by atoms with E-state index in [2.05, 4.69) is 21.2 Å². The fourth-order valence-electron chi connectivity index (χ4n) is 2.23. The Morgan fingerprint density at radius 3 is 2.76 bits per heavy atom. The van der Waals surface area contributed by atoms with E-state index in [9.17, 15) is 9.18 Å². The number of nitrogens with one attached hydrogen (secondary N) is 1. The van der Waals surface area contributed by atoms with Crippen molar-refractivity contribution < 1.29 is 13.9 Å². The van der Waals surface area contributed by atoms with Gasteiger partial charge in [-0.25, -0.2) is 4.39 Å². The van der Waals surface area contributed by atoms with Crippen LogP contribution in [0.2, 0.25) is 0 Å². The van der Waals surface area contributed by atoms with Crippen molar-refractivity contribution in [2.75, 3.05) is 32.1 Å². The van der Waals surface area contributed by atoms with Crippen LogP contribution < -0.4 is 10.1 Å². The van der Waals surface area contributed by atoms with Crippen molar-refractivity contribution in [2.45, 2.75) is 13.3 Å². The van der Waals surface area contributed by atoms with E-state index in [0.717, 1.165) is 11.3 Å². The second-order valence-electron chi connectivity index (χ2n) is 5.89. The number of aryl methyl sites for hydroxylation is 1. The summed E-state index contributed by atoms with van der Waals surface area (Å²) in [5.74, 6) is 0.173. The summed E-state index contributed by atoms with van der Waals surface area (Å²) >= 11 is 3.19. The highest BCUT2D eigenvalue weighted by atomic mass is 79.9. The molecule has 0 radical (unpaired) electrons. The molecule has 0 fully saturated rings. The lowest BCUT2D eigenvalue weighted by Crippen LogP contribution is -2.28. The SMILES string of the molecule is Cc1cccc(OCCN(C)CCC(=O)Nc2ccc(Br)cc2F)c1. The number of ether oxygens (including phenoxy) is 1. The van der Waals surface area contributed by atoms with Gasteiger partial charge < -0.3 is 15.0 Å². The van der Waals surface area contributed by atoms with Gasteiger partial charge in [0.2, 0.25) is 5.91 Å². The Balaban J connectivity index is 1.68. The smallest absolute Gasteiger partial charge is 0.225 e. The summed E-state index contributed by atoms with van der Waals surface area (Å²) in [7, 11) is 1.92. The zero-order valence-electron chi connectivity index (χ0n) is 14.4. The molecule has 134 valence electrons. The third kappa shape index (κ3) is 6.84. The van der Waals surface area contributed by atoms with Crippen LogP contribution in [-0.4, -0.2) is 37.6 Å². The Morgan fingerprint density at radius 1 is 1.24 bits per heavy atom. The largest absolute Gasteiger partial charge is 0.492 e. The van der Waals surface area contributed by atoms with Crippen molar-refractivity contribution in [3.05, 3.63) is 58.3 Å². The molecule has 25 heavy (non-hydrogen) atoms. The zero-order valence-corrected chi connectivity index (χ0v) is 16.0. The summed E-state index contributed by atoms with van der Waals surface area (Å²) in [6.07, 6.45) is 0.288. The number of carbonyl (C=O) groups excluding carboxylic acids is 1. The third-order valence-corrected chi connectivity index (χ3v) is 4.15. The molecule has 0 saturated carbocycles. The molecule has 0 aromatic heterocycles. The molecule has 6 heteroatoms. The maximum atomic E-state index is 13.7. The van der Waals surface area contributed by atoms with Gasteiger partial charge in [0.15, 0.2) is 0 Å². The standard InChI is InChI=1S/C19H22BrFN2O2/c1-14-4-3-5-16(12-14)25-11-10-23(2)9-8-19(24)22-18-7-6-15(20)13-17(18)21/h3-7,12-13H,8-11H2,1-2H3,(H,22,24). The molecule has 2 aromatic carbocycles. The van der Waals surface area contributed by atoms with Gasteiger partial charge in [-0.05, 0) is 49.9 Å². The van der Waals surface area contributed by atoms with E-state index in [0.29, 0.717) is 24.2 Å². The number of halogens is 2. The first kappa shape index (κ1) is 19.4. The number of benzene rings is 2. The average Bonchev–Trinajstić information content (AvgIpc) is 2.56. The Morgan fingerprint density at radius 2 is 2.04 bits per heavy atom. The van der Waals surface area contributed by atoms with Crippen LogP contribution in [0.25, 0.3) is 0 Å². The number of rotatable bonds is 8. The maximum Gasteiger partial charge on any atom is 0.225 e. The lowest BCUT2D eigenvalue weighted by Gasteiger charge is -2.17. The molecule has 1 amide bonds. The van der Waals surface area contributed by atoms with E-state index >= 15 is 0 Å². The zero-order chi connectivity index (χ0) is 18.2. The highest BCUT2D eigenvalue weighted by molar-refractivity contribution is 9.10. The summed E-state index contributed by atoms with van der Waals surface area (Å²) in [6, 6.07) is 12.4. The minimum atomic E-state index is -0.456. The number of hydrogen-bond donors (Lipinski definition) is 1. The Bertz CT molecular complexity index is 724. The summed E-state index contributed by atoms with van der Waals surface area (Å²) in [4.78, 5) is 13.9. The Hall–Kier alpha value is -1.92. The molecule has 0 aliphatic heterocycles. The number of likely N-dealkylation sites (N-methyl/N-ethyl adjacent to an activating group) is 1. The molecule has 0 spiro atoms. The Labute approximate surface area is 156 Å². The monoisotopic (exact) mass is 408 g/mol. The van der Waals surface area contributed by atoms with Crippen LogP contribution in [0.5, 0.6) is 5.75 Å². The fraction of sp³-hybridized carbons (Fsp3) is 0.316. The van der Waals surface area contributed by atoms with E-state index in [1.807, 2.05) is 43.1 Å². The summed E-state index contributed by atoms with van der Waals surface area (Å²) in [5, 5.41) is 2.59. The summed E-state index contributed by atoms with van der Waals surface area (Å²) in [6.45, 7) is 3.84. The molecular formula is C19H22BrFN2O2. The summed E-state index contributed by atoms with van der Waals surface area (Å²) < 4.78 is 20.0. The van der Waals surface area contributed by atoms with Gasteiger partial charge >= 0.3 is 0 Å². The average molecular weight is 409 g/mol. The first-order valence-corrected chi connectivity index (χ1v) is 8.86. The van der Waals surface area contributed by atoms with E-state index < -0.39 is 5.82 Å². The van der Waals surface area contributed by atoms with Crippen LogP contribution >= 0.6 is 15.9 Å². The lowest BCUT2D eigenvalue weighted by molar-refractivity contribution is -0.116. The van der Waals surface area contributed by atoms with Gasteiger partial charge in [0.05, 0.1) is 5.69 Å².